The lowest BCUT2D eigenvalue weighted by Crippen LogP contribution is -2.37. The smallest absolute Gasteiger partial charge is 0.319 e. The van der Waals surface area contributed by atoms with E-state index in [9.17, 15) is 9.59 Å². The summed E-state index contributed by atoms with van der Waals surface area (Å²) in [6.07, 6.45) is 6.88. The van der Waals surface area contributed by atoms with Crippen LogP contribution in [0.25, 0.3) is 0 Å². The zero-order valence-corrected chi connectivity index (χ0v) is 10.6. The van der Waals surface area contributed by atoms with Gasteiger partial charge in [0, 0.05) is 13.2 Å². The zero-order chi connectivity index (χ0) is 13.0. The maximum Gasteiger partial charge on any atom is 0.319 e. The van der Waals surface area contributed by atoms with E-state index >= 15 is 0 Å². The average Bonchev–Trinajstić information content (AvgIpc) is 3.01. The predicted molar refractivity (Wildman–Crippen MR) is 65.1 cm³/mol. The van der Waals surface area contributed by atoms with Crippen molar-refractivity contribution in [2.45, 2.75) is 51.0 Å². The molecular formula is C13H21NO4. The van der Waals surface area contributed by atoms with Crippen molar-refractivity contribution in [2.75, 3.05) is 13.2 Å². The van der Waals surface area contributed by atoms with Gasteiger partial charge in [0.05, 0.1) is 6.10 Å². The summed E-state index contributed by atoms with van der Waals surface area (Å²) < 4.78 is 5.67. The molecule has 0 atom stereocenters. The van der Waals surface area contributed by atoms with Gasteiger partial charge in [-0.3, -0.25) is 9.59 Å². The first kappa shape index (κ1) is 13.3. The Balaban J connectivity index is 1.55. The fourth-order valence-corrected chi connectivity index (χ4v) is 2.41. The molecule has 2 saturated carbocycles. The second-order valence-corrected chi connectivity index (χ2v) is 5.27. The van der Waals surface area contributed by atoms with E-state index < -0.39 is 11.4 Å². The molecule has 0 bridgehead atoms. The van der Waals surface area contributed by atoms with Crippen LogP contribution in [-0.4, -0.2) is 36.2 Å². The molecule has 0 aromatic carbocycles. The molecule has 2 N–H and O–H groups in total. The molecule has 0 radical (unpaired) electrons. The normalized spacial score (nSPS) is 21.8. The maximum absolute atomic E-state index is 11.7. The lowest BCUT2D eigenvalue weighted by Gasteiger charge is -2.12. The highest BCUT2D eigenvalue weighted by molar-refractivity contribution is 6.04. The number of carboxylic acid groups (broad SMARTS) is 1. The number of carboxylic acids is 1. The number of nitrogens with one attached hydrogen (secondary N) is 1. The van der Waals surface area contributed by atoms with E-state index in [-0.39, 0.29) is 5.91 Å². The topological polar surface area (TPSA) is 75.6 Å². The van der Waals surface area contributed by atoms with Crippen molar-refractivity contribution in [3.63, 3.8) is 0 Å². The monoisotopic (exact) mass is 255 g/mol. The van der Waals surface area contributed by atoms with E-state index in [1.165, 1.54) is 12.8 Å². The van der Waals surface area contributed by atoms with Crippen molar-refractivity contribution >= 4 is 11.9 Å². The molecule has 2 rings (SSSR count). The van der Waals surface area contributed by atoms with Gasteiger partial charge in [-0.15, -0.1) is 0 Å². The van der Waals surface area contributed by atoms with Crippen LogP contribution in [-0.2, 0) is 14.3 Å². The van der Waals surface area contributed by atoms with Crippen LogP contribution in [0.2, 0.25) is 0 Å². The van der Waals surface area contributed by atoms with Gasteiger partial charge in [0.2, 0.25) is 5.91 Å². The van der Waals surface area contributed by atoms with Crippen molar-refractivity contribution in [3.8, 4) is 0 Å². The highest BCUT2D eigenvalue weighted by Crippen LogP contribution is 2.45. The third-order valence-electron chi connectivity index (χ3n) is 3.86. The summed E-state index contributed by atoms with van der Waals surface area (Å²) in [6.45, 7) is 1.14. The minimum atomic E-state index is -1.12. The fourth-order valence-electron chi connectivity index (χ4n) is 2.41. The summed E-state index contributed by atoms with van der Waals surface area (Å²) in [6, 6.07) is 0. The minimum absolute atomic E-state index is 0.337. The Hall–Kier alpha value is -1.10. The van der Waals surface area contributed by atoms with E-state index in [2.05, 4.69) is 5.32 Å². The third-order valence-corrected chi connectivity index (χ3v) is 3.86. The number of rotatable bonds is 7. The van der Waals surface area contributed by atoms with Crippen molar-refractivity contribution < 1.29 is 19.4 Å². The van der Waals surface area contributed by atoms with E-state index in [1.807, 2.05) is 0 Å². The third kappa shape index (κ3) is 3.02. The molecule has 5 heteroatoms. The predicted octanol–water partition coefficient (Wildman–Crippen LogP) is 1.32. The number of ether oxygens (including phenoxy) is 1. The summed E-state index contributed by atoms with van der Waals surface area (Å²) in [5, 5.41) is 11.6. The van der Waals surface area contributed by atoms with Gasteiger partial charge in [0.1, 0.15) is 5.41 Å². The van der Waals surface area contributed by atoms with Crippen molar-refractivity contribution in [3.05, 3.63) is 0 Å². The Morgan fingerprint density at radius 3 is 2.50 bits per heavy atom. The van der Waals surface area contributed by atoms with Gasteiger partial charge < -0.3 is 15.2 Å². The molecule has 0 aromatic heterocycles. The average molecular weight is 255 g/mol. The first-order valence-corrected chi connectivity index (χ1v) is 6.78. The maximum atomic E-state index is 11.7. The van der Waals surface area contributed by atoms with E-state index in [4.69, 9.17) is 9.84 Å². The Labute approximate surface area is 107 Å². The number of aliphatic carboxylic acids is 1. The van der Waals surface area contributed by atoms with Gasteiger partial charge >= 0.3 is 5.97 Å². The first-order chi connectivity index (χ1) is 8.65. The summed E-state index contributed by atoms with van der Waals surface area (Å²) in [5.74, 6) is -1.34. The summed E-state index contributed by atoms with van der Waals surface area (Å²) >= 11 is 0. The van der Waals surface area contributed by atoms with Gasteiger partial charge in [0.15, 0.2) is 0 Å². The van der Waals surface area contributed by atoms with Crippen LogP contribution in [0.1, 0.15) is 44.9 Å². The molecule has 18 heavy (non-hydrogen) atoms. The fraction of sp³-hybridized carbons (Fsp3) is 0.846. The van der Waals surface area contributed by atoms with Gasteiger partial charge in [-0.2, -0.15) is 0 Å². The molecule has 0 heterocycles. The Bertz CT molecular complexity index is 319. The highest BCUT2D eigenvalue weighted by Gasteiger charge is 2.56. The molecule has 0 saturated heterocycles. The molecule has 0 unspecified atom stereocenters. The van der Waals surface area contributed by atoms with Crippen LogP contribution < -0.4 is 5.32 Å². The second-order valence-electron chi connectivity index (χ2n) is 5.27. The van der Waals surface area contributed by atoms with Crippen LogP contribution in [0.5, 0.6) is 0 Å². The number of carbonyl (C=O) groups is 2. The van der Waals surface area contributed by atoms with E-state index in [0.717, 1.165) is 19.3 Å². The standard InChI is InChI=1S/C13H21NO4/c15-11(13(6-7-13)12(16)17)14-8-3-9-18-10-4-1-2-5-10/h10H,1-9H2,(H,14,15)(H,16,17). The van der Waals surface area contributed by atoms with Crippen LogP contribution in [0.4, 0.5) is 0 Å². The van der Waals surface area contributed by atoms with Crippen LogP contribution in [0, 0.1) is 5.41 Å². The number of amides is 1. The Morgan fingerprint density at radius 2 is 1.94 bits per heavy atom. The summed E-state index contributed by atoms with van der Waals surface area (Å²) in [4.78, 5) is 22.6. The lowest BCUT2D eigenvalue weighted by molar-refractivity contribution is -0.149. The molecule has 2 aliphatic rings. The molecule has 0 spiro atoms. The molecule has 2 fully saturated rings. The summed E-state index contributed by atoms with van der Waals surface area (Å²) in [5.41, 5.74) is -1.12. The van der Waals surface area contributed by atoms with Gasteiger partial charge in [0.25, 0.3) is 0 Å². The van der Waals surface area contributed by atoms with E-state index in [1.54, 1.807) is 0 Å². The SMILES string of the molecule is O=C(O)C1(C(=O)NCCCOC2CCCC2)CC1. The van der Waals surface area contributed by atoms with Crippen LogP contribution in [0.3, 0.4) is 0 Å². The Morgan fingerprint density at radius 1 is 1.28 bits per heavy atom. The Kier molecular flexibility index (Phi) is 4.22. The molecule has 1 amide bonds. The molecule has 0 aliphatic heterocycles. The van der Waals surface area contributed by atoms with Crippen molar-refractivity contribution in [1.29, 1.82) is 0 Å². The van der Waals surface area contributed by atoms with E-state index in [0.29, 0.717) is 32.1 Å². The summed E-state index contributed by atoms with van der Waals surface area (Å²) in [7, 11) is 0. The van der Waals surface area contributed by atoms with Crippen LogP contribution in [0.15, 0.2) is 0 Å². The van der Waals surface area contributed by atoms with Gasteiger partial charge in [-0.1, -0.05) is 12.8 Å². The van der Waals surface area contributed by atoms with Crippen molar-refractivity contribution in [2.24, 2.45) is 5.41 Å². The number of hydrogen-bond acceptors (Lipinski definition) is 3. The zero-order valence-electron chi connectivity index (χ0n) is 10.6. The van der Waals surface area contributed by atoms with Crippen molar-refractivity contribution in [1.82, 2.24) is 5.32 Å². The molecule has 2 aliphatic carbocycles. The molecular weight excluding hydrogens is 234 g/mol. The minimum Gasteiger partial charge on any atom is -0.480 e. The number of hydrogen-bond donors (Lipinski definition) is 2. The molecule has 5 nitrogen and oxygen atoms in total. The highest BCUT2D eigenvalue weighted by atomic mass is 16.5. The largest absolute Gasteiger partial charge is 0.480 e. The second kappa shape index (κ2) is 5.69. The first-order valence-electron chi connectivity index (χ1n) is 6.78. The lowest BCUT2D eigenvalue weighted by atomic mass is 10.1. The molecule has 0 aromatic rings. The van der Waals surface area contributed by atoms with Gasteiger partial charge in [-0.25, -0.2) is 0 Å². The van der Waals surface area contributed by atoms with Gasteiger partial charge in [-0.05, 0) is 32.1 Å². The molecule has 102 valence electrons. The number of carbonyl (C=O) groups excluding carboxylic acids is 1. The quantitative estimate of drug-likeness (QED) is 0.531. The van der Waals surface area contributed by atoms with Crippen LogP contribution >= 0.6 is 0 Å².